The highest BCUT2D eigenvalue weighted by Gasteiger charge is 2.14. The van der Waals surface area contributed by atoms with Crippen molar-refractivity contribution in [2.75, 3.05) is 33.2 Å². The van der Waals surface area contributed by atoms with Crippen molar-refractivity contribution in [3.8, 4) is 0 Å². The second kappa shape index (κ2) is 7.38. The maximum atomic E-state index is 3.63. The molecule has 0 aromatic carbocycles. The first-order valence-electron chi connectivity index (χ1n) is 7.37. The van der Waals surface area contributed by atoms with Crippen molar-refractivity contribution in [1.82, 2.24) is 10.2 Å². The van der Waals surface area contributed by atoms with Gasteiger partial charge in [-0.25, -0.2) is 0 Å². The molecule has 2 heteroatoms. The Bertz CT molecular complexity index is 190. The second-order valence-electron chi connectivity index (χ2n) is 7.01. The van der Waals surface area contributed by atoms with Gasteiger partial charge in [0, 0.05) is 19.6 Å². The summed E-state index contributed by atoms with van der Waals surface area (Å²) < 4.78 is 0. The van der Waals surface area contributed by atoms with Crippen LogP contribution in [-0.4, -0.2) is 38.1 Å². The van der Waals surface area contributed by atoms with Gasteiger partial charge in [-0.1, -0.05) is 40.0 Å². The quantitative estimate of drug-likeness (QED) is 0.718. The molecular formula is C15H32N2. The van der Waals surface area contributed by atoms with Gasteiger partial charge in [0.2, 0.25) is 0 Å². The summed E-state index contributed by atoms with van der Waals surface area (Å²) in [6, 6.07) is 0. The first kappa shape index (κ1) is 15.0. The van der Waals surface area contributed by atoms with Crippen molar-refractivity contribution in [3.63, 3.8) is 0 Å². The van der Waals surface area contributed by atoms with Gasteiger partial charge in [-0.15, -0.1) is 0 Å². The summed E-state index contributed by atoms with van der Waals surface area (Å²) in [6.07, 6.45) is 7.27. The summed E-state index contributed by atoms with van der Waals surface area (Å²) in [4.78, 5) is 2.44. The maximum absolute atomic E-state index is 3.63. The molecule has 1 N–H and O–H groups in total. The molecule has 0 saturated heterocycles. The van der Waals surface area contributed by atoms with Crippen LogP contribution in [0.25, 0.3) is 0 Å². The van der Waals surface area contributed by atoms with Crippen LogP contribution in [0.4, 0.5) is 0 Å². The topological polar surface area (TPSA) is 15.3 Å². The Morgan fingerprint density at radius 3 is 2.35 bits per heavy atom. The largest absolute Gasteiger partial charge is 0.315 e. The number of rotatable bonds is 6. The molecule has 0 atom stereocenters. The minimum absolute atomic E-state index is 0.415. The lowest BCUT2D eigenvalue weighted by molar-refractivity contribution is 0.225. The zero-order chi connectivity index (χ0) is 12.7. The zero-order valence-electron chi connectivity index (χ0n) is 12.4. The molecule has 0 bridgehead atoms. The highest BCUT2D eigenvalue weighted by Crippen LogP contribution is 2.22. The smallest absolute Gasteiger partial charge is 0.0104 e. The Hall–Kier alpha value is -0.0800. The van der Waals surface area contributed by atoms with E-state index in [0.717, 1.165) is 12.5 Å². The van der Waals surface area contributed by atoms with Crippen LogP contribution < -0.4 is 5.32 Å². The van der Waals surface area contributed by atoms with Gasteiger partial charge in [0.25, 0.3) is 0 Å². The molecule has 1 saturated carbocycles. The summed E-state index contributed by atoms with van der Waals surface area (Å²) in [7, 11) is 2.23. The number of hydrogen-bond donors (Lipinski definition) is 1. The van der Waals surface area contributed by atoms with Crippen molar-refractivity contribution in [2.24, 2.45) is 11.3 Å². The maximum Gasteiger partial charge on any atom is 0.0104 e. The summed E-state index contributed by atoms with van der Waals surface area (Å²) >= 11 is 0. The van der Waals surface area contributed by atoms with E-state index in [4.69, 9.17) is 0 Å². The molecule has 0 unspecified atom stereocenters. The van der Waals surface area contributed by atoms with Gasteiger partial charge < -0.3 is 10.2 Å². The molecule has 0 heterocycles. The van der Waals surface area contributed by atoms with E-state index in [0.29, 0.717) is 5.41 Å². The standard InChI is InChI=1S/C15H32N2/c1-15(2,3)13-17(4)11-10-16-12-14-8-6-5-7-9-14/h14,16H,5-13H2,1-4H3. The second-order valence-corrected chi connectivity index (χ2v) is 7.01. The number of likely N-dealkylation sites (N-methyl/N-ethyl adjacent to an activating group) is 1. The predicted octanol–water partition coefficient (Wildman–Crippen LogP) is 3.13. The van der Waals surface area contributed by atoms with Crippen molar-refractivity contribution >= 4 is 0 Å². The lowest BCUT2D eigenvalue weighted by Crippen LogP contribution is -2.36. The molecule has 1 aliphatic rings. The highest BCUT2D eigenvalue weighted by atomic mass is 15.1. The van der Waals surface area contributed by atoms with Gasteiger partial charge in [-0.05, 0) is 37.8 Å². The van der Waals surface area contributed by atoms with E-state index < -0.39 is 0 Å². The minimum atomic E-state index is 0.415. The number of hydrogen-bond acceptors (Lipinski definition) is 2. The first-order valence-corrected chi connectivity index (χ1v) is 7.37. The summed E-state index contributed by atoms with van der Waals surface area (Å²) in [5.74, 6) is 0.955. The van der Waals surface area contributed by atoms with Gasteiger partial charge in [-0.2, -0.15) is 0 Å². The van der Waals surface area contributed by atoms with Gasteiger partial charge in [0.1, 0.15) is 0 Å². The molecule has 17 heavy (non-hydrogen) atoms. The Kier molecular flexibility index (Phi) is 6.50. The van der Waals surface area contributed by atoms with Crippen molar-refractivity contribution in [2.45, 2.75) is 52.9 Å². The predicted molar refractivity (Wildman–Crippen MR) is 76.4 cm³/mol. The van der Waals surface area contributed by atoms with E-state index in [1.807, 2.05) is 0 Å². The van der Waals surface area contributed by atoms with E-state index in [9.17, 15) is 0 Å². The molecular weight excluding hydrogens is 208 g/mol. The molecule has 0 radical (unpaired) electrons. The van der Waals surface area contributed by atoms with Crippen molar-refractivity contribution in [3.05, 3.63) is 0 Å². The van der Waals surface area contributed by atoms with Crippen LogP contribution in [0.1, 0.15) is 52.9 Å². The molecule has 1 aliphatic carbocycles. The Morgan fingerprint density at radius 2 is 1.76 bits per heavy atom. The van der Waals surface area contributed by atoms with Gasteiger partial charge in [-0.3, -0.25) is 0 Å². The van der Waals surface area contributed by atoms with E-state index in [2.05, 4.69) is 38.0 Å². The van der Waals surface area contributed by atoms with Gasteiger partial charge in [0.15, 0.2) is 0 Å². The minimum Gasteiger partial charge on any atom is -0.315 e. The summed E-state index contributed by atoms with van der Waals surface area (Å²) in [6.45, 7) is 11.6. The molecule has 0 aromatic rings. The number of nitrogens with zero attached hydrogens (tertiary/aromatic N) is 1. The van der Waals surface area contributed by atoms with Crippen molar-refractivity contribution < 1.29 is 0 Å². The average molecular weight is 240 g/mol. The highest BCUT2D eigenvalue weighted by molar-refractivity contribution is 4.70. The average Bonchev–Trinajstić information content (AvgIpc) is 2.23. The number of nitrogens with one attached hydrogen (secondary N) is 1. The zero-order valence-corrected chi connectivity index (χ0v) is 12.4. The molecule has 1 fully saturated rings. The van der Waals surface area contributed by atoms with Crippen LogP contribution in [0.2, 0.25) is 0 Å². The Balaban J connectivity index is 1.99. The van der Waals surface area contributed by atoms with Crippen LogP contribution in [-0.2, 0) is 0 Å². The molecule has 2 nitrogen and oxygen atoms in total. The van der Waals surface area contributed by atoms with E-state index >= 15 is 0 Å². The fraction of sp³-hybridized carbons (Fsp3) is 1.00. The third-order valence-electron chi connectivity index (χ3n) is 3.57. The third-order valence-corrected chi connectivity index (χ3v) is 3.57. The third kappa shape index (κ3) is 7.77. The normalized spacial score (nSPS) is 18.9. The van der Waals surface area contributed by atoms with Crippen LogP contribution in [0.3, 0.4) is 0 Å². The summed E-state index contributed by atoms with van der Waals surface area (Å²) in [5, 5.41) is 3.63. The van der Waals surface area contributed by atoms with Gasteiger partial charge >= 0.3 is 0 Å². The monoisotopic (exact) mass is 240 g/mol. The van der Waals surface area contributed by atoms with Gasteiger partial charge in [0.05, 0.1) is 0 Å². The van der Waals surface area contributed by atoms with Crippen molar-refractivity contribution in [1.29, 1.82) is 0 Å². The van der Waals surface area contributed by atoms with Crippen LogP contribution in [0.15, 0.2) is 0 Å². The lowest BCUT2D eigenvalue weighted by atomic mass is 9.89. The van der Waals surface area contributed by atoms with Crippen LogP contribution >= 0.6 is 0 Å². The molecule has 1 rings (SSSR count). The molecule has 0 spiro atoms. The summed E-state index contributed by atoms with van der Waals surface area (Å²) in [5.41, 5.74) is 0.415. The fourth-order valence-electron chi connectivity index (χ4n) is 2.86. The lowest BCUT2D eigenvalue weighted by Gasteiger charge is -2.27. The van der Waals surface area contributed by atoms with Crippen LogP contribution in [0, 0.1) is 11.3 Å². The molecule has 0 amide bonds. The van der Waals surface area contributed by atoms with E-state index in [1.165, 1.54) is 51.7 Å². The molecule has 0 aliphatic heterocycles. The van der Waals surface area contributed by atoms with E-state index in [1.54, 1.807) is 0 Å². The first-order chi connectivity index (χ1) is 7.97. The Morgan fingerprint density at radius 1 is 1.12 bits per heavy atom. The fourth-order valence-corrected chi connectivity index (χ4v) is 2.86. The SMILES string of the molecule is CN(CCNCC1CCCCC1)CC(C)(C)C. The van der Waals surface area contributed by atoms with Crippen LogP contribution in [0.5, 0.6) is 0 Å². The Labute approximate surface area is 108 Å². The van der Waals surface area contributed by atoms with E-state index in [-0.39, 0.29) is 0 Å². The molecule has 0 aromatic heterocycles. The molecule has 102 valence electrons.